The SMILES string of the molecule is COc1ccc(/C=N/NC(=O)c2cccc(N)c2)c(C(=O)O)c1OC. The Hall–Kier alpha value is -3.55. The normalized spacial score (nSPS) is 10.5. The molecule has 0 heterocycles. The molecule has 2 aromatic carbocycles. The number of nitrogens with two attached hydrogens (primary N) is 1. The van der Waals surface area contributed by atoms with E-state index >= 15 is 0 Å². The first-order valence-corrected chi connectivity index (χ1v) is 7.15. The van der Waals surface area contributed by atoms with E-state index in [2.05, 4.69) is 10.5 Å². The number of carboxylic acids is 1. The Kier molecular flexibility index (Phi) is 5.57. The monoisotopic (exact) mass is 343 g/mol. The molecule has 2 rings (SSSR count). The molecule has 8 nitrogen and oxygen atoms in total. The van der Waals surface area contributed by atoms with E-state index in [9.17, 15) is 14.7 Å². The van der Waals surface area contributed by atoms with E-state index in [1.54, 1.807) is 24.3 Å². The summed E-state index contributed by atoms with van der Waals surface area (Å²) in [7, 11) is 2.75. The molecular formula is C17H17N3O5. The minimum Gasteiger partial charge on any atom is -0.493 e. The van der Waals surface area contributed by atoms with Crippen LogP contribution in [0.25, 0.3) is 0 Å². The second kappa shape index (κ2) is 7.82. The average molecular weight is 343 g/mol. The molecule has 0 aliphatic carbocycles. The number of hydrazone groups is 1. The molecule has 0 aromatic heterocycles. The number of ether oxygens (including phenoxy) is 2. The molecule has 0 unspecified atom stereocenters. The topological polar surface area (TPSA) is 123 Å². The minimum atomic E-state index is -1.21. The van der Waals surface area contributed by atoms with Crippen LogP contribution in [-0.4, -0.2) is 37.4 Å². The summed E-state index contributed by atoms with van der Waals surface area (Å²) in [6, 6.07) is 9.44. The number of hydrogen-bond acceptors (Lipinski definition) is 6. The maximum Gasteiger partial charge on any atom is 0.340 e. The summed E-state index contributed by atoms with van der Waals surface area (Å²) in [6.07, 6.45) is 1.22. The molecule has 2 aromatic rings. The Morgan fingerprint density at radius 3 is 2.56 bits per heavy atom. The zero-order valence-electron chi connectivity index (χ0n) is 13.6. The summed E-state index contributed by atoms with van der Waals surface area (Å²) >= 11 is 0. The van der Waals surface area contributed by atoms with Gasteiger partial charge in [0.2, 0.25) is 0 Å². The Balaban J connectivity index is 2.26. The van der Waals surface area contributed by atoms with E-state index in [0.717, 1.165) is 0 Å². The van der Waals surface area contributed by atoms with Crippen LogP contribution < -0.4 is 20.6 Å². The first kappa shape index (κ1) is 17.8. The van der Waals surface area contributed by atoms with E-state index in [0.29, 0.717) is 11.3 Å². The van der Waals surface area contributed by atoms with E-state index in [4.69, 9.17) is 15.2 Å². The summed E-state index contributed by atoms with van der Waals surface area (Å²) in [4.78, 5) is 23.5. The molecule has 0 fully saturated rings. The molecule has 0 atom stereocenters. The first-order valence-electron chi connectivity index (χ1n) is 7.15. The number of nitrogens with zero attached hydrogens (tertiary/aromatic N) is 1. The van der Waals surface area contributed by atoms with Gasteiger partial charge in [0.25, 0.3) is 5.91 Å². The fourth-order valence-electron chi connectivity index (χ4n) is 2.18. The van der Waals surface area contributed by atoms with Crippen LogP contribution in [-0.2, 0) is 0 Å². The second-order valence-corrected chi connectivity index (χ2v) is 4.90. The van der Waals surface area contributed by atoms with Crippen molar-refractivity contribution in [1.82, 2.24) is 5.43 Å². The van der Waals surface area contributed by atoms with Crippen LogP contribution in [0.1, 0.15) is 26.3 Å². The number of carbonyl (C=O) groups is 2. The van der Waals surface area contributed by atoms with Gasteiger partial charge in [-0.2, -0.15) is 5.10 Å². The fraction of sp³-hybridized carbons (Fsp3) is 0.118. The summed E-state index contributed by atoms with van der Waals surface area (Å²) in [6.45, 7) is 0. The highest BCUT2D eigenvalue weighted by atomic mass is 16.5. The van der Waals surface area contributed by atoms with Gasteiger partial charge in [-0.05, 0) is 30.3 Å². The van der Waals surface area contributed by atoms with Crippen LogP contribution >= 0.6 is 0 Å². The molecule has 25 heavy (non-hydrogen) atoms. The summed E-state index contributed by atoms with van der Waals surface area (Å²) in [5, 5.41) is 13.2. The van der Waals surface area contributed by atoms with Crippen molar-refractivity contribution in [3.63, 3.8) is 0 Å². The third-order valence-electron chi connectivity index (χ3n) is 3.31. The predicted octanol–water partition coefficient (Wildman–Crippen LogP) is 1.75. The van der Waals surface area contributed by atoms with Gasteiger partial charge in [-0.25, -0.2) is 10.2 Å². The second-order valence-electron chi connectivity index (χ2n) is 4.90. The van der Waals surface area contributed by atoms with Crippen molar-refractivity contribution in [3.05, 3.63) is 53.1 Å². The largest absolute Gasteiger partial charge is 0.493 e. The Morgan fingerprint density at radius 2 is 1.96 bits per heavy atom. The summed E-state index contributed by atoms with van der Waals surface area (Å²) < 4.78 is 10.2. The number of methoxy groups -OCH3 is 2. The number of carboxylic acid groups (broad SMARTS) is 1. The van der Waals surface area contributed by atoms with Crippen LogP contribution in [0.2, 0.25) is 0 Å². The molecule has 0 aliphatic heterocycles. The van der Waals surface area contributed by atoms with Crippen molar-refractivity contribution in [1.29, 1.82) is 0 Å². The molecule has 0 radical (unpaired) electrons. The highest BCUT2D eigenvalue weighted by Crippen LogP contribution is 2.32. The van der Waals surface area contributed by atoms with Crippen LogP contribution in [0, 0.1) is 0 Å². The van der Waals surface area contributed by atoms with Crippen LogP contribution in [0.4, 0.5) is 5.69 Å². The van der Waals surface area contributed by atoms with Gasteiger partial charge in [0.1, 0.15) is 5.56 Å². The fourth-order valence-corrected chi connectivity index (χ4v) is 2.18. The number of nitrogen functional groups attached to an aromatic ring is 1. The molecule has 0 aliphatic rings. The van der Waals surface area contributed by atoms with Crippen LogP contribution in [0.3, 0.4) is 0 Å². The lowest BCUT2D eigenvalue weighted by Crippen LogP contribution is -2.18. The molecule has 0 saturated heterocycles. The first-order chi connectivity index (χ1) is 12.0. The smallest absolute Gasteiger partial charge is 0.340 e. The van der Waals surface area contributed by atoms with Gasteiger partial charge in [0.15, 0.2) is 11.5 Å². The molecular weight excluding hydrogens is 326 g/mol. The van der Waals surface area contributed by atoms with Crippen molar-refractivity contribution < 1.29 is 24.2 Å². The number of aromatic carboxylic acids is 1. The average Bonchev–Trinajstić information content (AvgIpc) is 2.60. The quantitative estimate of drug-likeness (QED) is 0.417. The van der Waals surface area contributed by atoms with Crippen molar-refractivity contribution in [3.8, 4) is 11.5 Å². The number of benzene rings is 2. The zero-order chi connectivity index (χ0) is 18.4. The molecule has 0 saturated carbocycles. The molecule has 0 spiro atoms. The number of rotatable bonds is 6. The van der Waals surface area contributed by atoms with Crippen molar-refractivity contribution in [2.75, 3.05) is 20.0 Å². The Bertz CT molecular complexity index is 833. The highest BCUT2D eigenvalue weighted by molar-refractivity contribution is 6.02. The molecule has 0 bridgehead atoms. The van der Waals surface area contributed by atoms with Gasteiger partial charge < -0.3 is 20.3 Å². The lowest BCUT2D eigenvalue weighted by molar-refractivity contribution is 0.0692. The van der Waals surface area contributed by atoms with E-state index in [1.807, 2.05) is 0 Å². The predicted molar refractivity (Wildman–Crippen MR) is 92.4 cm³/mol. The third kappa shape index (κ3) is 4.05. The lowest BCUT2D eigenvalue weighted by atomic mass is 10.1. The van der Waals surface area contributed by atoms with E-state index in [-0.39, 0.29) is 22.6 Å². The zero-order valence-corrected chi connectivity index (χ0v) is 13.6. The van der Waals surface area contributed by atoms with Crippen LogP contribution in [0.5, 0.6) is 11.5 Å². The third-order valence-corrected chi connectivity index (χ3v) is 3.31. The number of hydrogen-bond donors (Lipinski definition) is 3. The van der Waals surface area contributed by atoms with Gasteiger partial charge in [-0.3, -0.25) is 4.79 Å². The van der Waals surface area contributed by atoms with Gasteiger partial charge in [0, 0.05) is 16.8 Å². The maximum absolute atomic E-state index is 12.0. The van der Waals surface area contributed by atoms with Gasteiger partial charge in [0.05, 0.1) is 20.4 Å². The van der Waals surface area contributed by atoms with Crippen molar-refractivity contribution in [2.45, 2.75) is 0 Å². The van der Waals surface area contributed by atoms with Gasteiger partial charge in [-0.15, -0.1) is 0 Å². The number of nitrogens with one attached hydrogen (secondary N) is 1. The minimum absolute atomic E-state index is 0.0705. The van der Waals surface area contributed by atoms with E-state index in [1.165, 1.54) is 32.6 Å². The highest BCUT2D eigenvalue weighted by Gasteiger charge is 2.20. The molecule has 130 valence electrons. The lowest BCUT2D eigenvalue weighted by Gasteiger charge is -2.12. The Labute approximate surface area is 143 Å². The maximum atomic E-state index is 12.0. The molecule has 1 amide bonds. The van der Waals surface area contributed by atoms with Gasteiger partial charge >= 0.3 is 5.97 Å². The summed E-state index contributed by atoms with van der Waals surface area (Å²) in [5.41, 5.74) is 8.85. The number of anilines is 1. The Morgan fingerprint density at radius 1 is 1.20 bits per heavy atom. The number of amides is 1. The van der Waals surface area contributed by atoms with Crippen molar-refractivity contribution in [2.24, 2.45) is 5.10 Å². The van der Waals surface area contributed by atoms with Crippen molar-refractivity contribution >= 4 is 23.8 Å². The molecule has 4 N–H and O–H groups in total. The number of carbonyl (C=O) groups excluding carboxylic acids is 1. The molecule has 8 heteroatoms. The summed E-state index contributed by atoms with van der Waals surface area (Å²) in [5.74, 6) is -1.33. The van der Waals surface area contributed by atoms with Gasteiger partial charge in [-0.1, -0.05) is 6.07 Å². The van der Waals surface area contributed by atoms with Crippen LogP contribution in [0.15, 0.2) is 41.5 Å². The van der Waals surface area contributed by atoms with E-state index < -0.39 is 11.9 Å². The standard InChI is InChI=1S/C17H17N3O5/c1-24-13-7-6-11(14(17(22)23)15(13)25-2)9-19-20-16(21)10-4-3-5-12(18)8-10/h3-9H,18H2,1-2H3,(H,20,21)(H,22,23)/b19-9+.